The zero-order valence-electron chi connectivity index (χ0n) is 17.3. The van der Waals surface area contributed by atoms with Gasteiger partial charge in [-0.2, -0.15) is 0 Å². The smallest absolute Gasteiger partial charge is 0.234 e. The number of para-hydroxylation sites is 1. The van der Waals surface area contributed by atoms with E-state index in [9.17, 15) is 4.79 Å². The minimum atomic E-state index is -0.0382. The van der Waals surface area contributed by atoms with Gasteiger partial charge in [-0.1, -0.05) is 30.0 Å². The first-order valence-corrected chi connectivity index (χ1v) is 10.8. The number of hydrogen-bond donors (Lipinski definition) is 2. The van der Waals surface area contributed by atoms with E-state index in [1.807, 2.05) is 55.5 Å². The van der Waals surface area contributed by atoms with Gasteiger partial charge >= 0.3 is 0 Å². The van der Waals surface area contributed by atoms with Crippen molar-refractivity contribution in [3.63, 3.8) is 0 Å². The van der Waals surface area contributed by atoms with Crippen LogP contribution in [0.1, 0.15) is 5.56 Å². The minimum Gasteiger partial charge on any atom is -0.497 e. The first-order valence-electron chi connectivity index (χ1n) is 9.82. The molecule has 0 bridgehead atoms. The number of benzene rings is 2. The molecule has 0 atom stereocenters. The first kappa shape index (κ1) is 21.2. The highest BCUT2D eigenvalue weighted by Gasteiger charge is 2.21. The van der Waals surface area contributed by atoms with E-state index in [1.165, 1.54) is 16.7 Å². The lowest BCUT2D eigenvalue weighted by Crippen LogP contribution is -3.12. The van der Waals surface area contributed by atoms with Crippen molar-refractivity contribution in [2.24, 2.45) is 4.99 Å². The third-order valence-electron chi connectivity index (χ3n) is 4.91. The second kappa shape index (κ2) is 10.3. The van der Waals surface area contributed by atoms with E-state index in [-0.39, 0.29) is 5.91 Å². The Hall–Kier alpha value is -2.51. The number of amidine groups is 1. The lowest BCUT2D eigenvalue weighted by Gasteiger charge is -2.32. The Morgan fingerprint density at radius 2 is 1.93 bits per heavy atom. The van der Waals surface area contributed by atoms with E-state index in [4.69, 9.17) is 9.73 Å². The fourth-order valence-electron chi connectivity index (χ4n) is 3.11. The van der Waals surface area contributed by atoms with Gasteiger partial charge < -0.3 is 19.9 Å². The number of nitrogens with one attached hydrogen (secondary N) is 2. The fourth-order valence-corrected chi connectivity index (χ4v) is 3.97. The van der Waals surface area contributed by atoms with Crippen LogP contribution in [0.25, 0.3) is 0 Å². The molecular weight excluding hydrogens is 384 g/mol. The molecule has 2 aromatic rings. The number of carbonyl (C=O) groups is 1. The van der Waals surface area contributed by atoms with Crippen molar-refractivity contribution in [2.45, 2.75) is 6.92 Å². The summed E-state index contributed by atoms with van der Waals surface area (Å²) in [4.78, 5) is 21.2. The van der Waals surface area contributed by atoms with E-state index in [2.05, 4.69) is 17.3 Å². The molecule has 0 saturated carbocycles. The van der Waals surface area contributed by atoms with Crippen molar-refractivity contribution in [1.82, 2.24) is 4.90 Å². The third kappa shape index (κ3) is 6.24. The van der Waals surface area contributed by atoms with Crippen molar-refractivity contribution < 1.29 is 14.4 Å². The fraction of sp³-hybridized carbons (Fsp3) is 0.364. The Morgan fingerprint density at radius 3 is 2.59 bits per heavy atom. The van der Waals surface area contributed by atoms with E-state index in [0.29, 0.717) is 5.75 Å². The van der Waals surface area contributed by atoms with Crippen molar-refractivity contribution in [3.8, 4) is 5.75 Å². The number of likely N-dealkylation sites (N-methyl/N-ethyl adjacent to an activating group) is 1. The van der Waals surface area contributed by atoms with E-state index in [0.717, 1.165) is 54.0 Å². The van der Waals surface area contributed by atoms with Crippen molar-refractivity contribution in [1.29, 1.82) is 0 Å². The normalized spacial score (nSPS) is 15.3. The number of amides is 1. The molecule has 2 N–H and O–H groups in total. The summed E-state index contributed by atoms with van der Waals surface area (Å²) in [5.74, 6) is 1.06. The van der Waals surface area contributed by atoms with Gasteiger partial charge in [-0.05, 0) is 42.8 Å². The molecule has 0 aromatic heterocycles. The van der Waals surface area contributed by atoms with Crippen LogP contribution in [0.5, 0.6) is 5.75 Å². The van der Waals surface area contributed by atoms with Crippen molar-refractivity contribution >= 4 is 34.2 Å². The van der Waals surface area contributed by atoms with E-state index < -0.39 is 0 Å². The molecule has 1 heterocycles. The summed E-state index contributed by atoms with van der Waals surface area (Å²) in [5.41, 5.74) is 2.69. The largest absolute Gasteiger partial charge is 0.497 e. The highest BCUT2D eigenvalue weighted by Crippen LogP contribution is 2.22. The number of methoxy groups -OCH3 is 1. The molecule has 1 fully saturated rings. The summed E-state index contributed by atoms with van der Waals surface area (Å²) in [7, 11) is 3.85. The predicted molar refractivity (Wildman–Crippen MR) is 121 cm³/mol. The van der Waals surface area contributed by atoms with Gasteiger partial charge in [-0.15, -0.1) is 0 Å². The second-order valence-electron chi connectivity index (χ2n) is 7.19. The number of rotatable bonds is 5. The average molecular weight is 414 g/mol. The molecule has 29 heavy (non-hydrogen) atoms. The predicted octanol–water partition coefficient (Wildman–Crippen LogP) is 2.19. The zero-order valence-corrected chi connectivity index (χ0v) is 18.1. The molecular formula is C22H29N4O2S+. The van der Waals surface area contributed by atoms with Gasteiger partial charge in [-0.25, -0.2) is 4.99 Å². The maximum absolute atomic E-state index is 12.6. The SMILES string of the molecule is COc1ccc(NC(=O)CSC(=Nc2ccccc2)N2CC[NH+](C)CC2)c(C)c1. The minimum absolute atomic E-state index is 0.0382. The molecule has 1 aliphatic rings. The van der Waals surface area contributed by atoms with Crippen LogP contribution in [0.3, 0.4) is 0 Å². The number of piperazine rings is 1. The molecule has 2 aromatic carbocycles. The molecule has 0 spiro atoms. The van der Waals surface area contributed by atoms with Gasteiger partial charge in [0.25, 0.3) is 0 Å². The number of anilines is 1. The number of thioether (sulfide) groups is 1. The molecule has 0 unspecified atom stereocenters. The molecule has 0 aliphatic carbocycles. The lowest BCUT2D eigenvalue weighted by atomic mass is 10.2. The van der Waals surface area contributed by atoms with Gasteiger partial charge in [0.15, 0.2) is 5.17 Å². The van der Waals surface area contributed by atoms with Gasteiger partial charge in [0.05, 0.1) is 51.8 Å². The molecule has 1 amide bonds. The van der Waals surface area contributed by atoms with Gasteiger partial charge in [0, 0.05) is 5.69 Å². The number of nitrogens with zero attached hydrogens (tertiary/aromatic N) is 2. The van der Waals surface area contributed by atoms with Crippen molar-refractivity contribution in [2.75, 3.05) is 51.4 Å². The van der Waals surface area contributed by atoms with Crippen molar-refractivity contribution in [3.05, 3.63) is 54.1 Å². The molecule has 6 nitrogen and oxygen atoms in total. The Bertz CT molecular complexity index is 849. The van der Waals surface area contributed by atoms with Gasteiger partial charge in [0.1, 0.15) is 5.75 Å². The molecule has 1 aliphatic heterocycles. The topological polar surface area (TPSA) is 58.4 Å². The van der Waals surface area contributed by atoms with E-state index >= 15 is 0 Å². The van der Waals surface area contributed by atoms with Crippen LogP contribution < -0.4 is 15.0 Å². The van der Waals surface area contributed by atoms with Crippen LogP contribution in [0, 0.1) is 6.92 Å². The summed E-state index contributed by atoms with van der Waals surface area (Å²) in [6, 6.07) is 15.6. The summed E-state index contributed by atoms with van der Waals surface area (Å²) < 4.78 is 5.23. The maximum Gasteiger partial charge on any atom is 0.234 e. The van der Waals surface area contributed by atoms with E-state index in [1.54, 1.807) is 7.11 Å². The Labute approximate surface area is 176 Å². The van der Waals surface area contributed by atoms with Gasteiger partial charge in [0.2, 0.25) is 5.91 Å². The molecule has 1 saturated heterocycles. The molecule has 7 heteroatoms. The standard InChI is InChI=1S/C22H28N4O2S/c1-17-15-19(28-3)9-10-20(17)24-21(27)16-29-22(23-18-7-5-4-6-8-18)26-13-11-25(2)12-14-26/h4-10,15H,11-14,16H2,1-3H3,(H,24,27)/p+1. The average Bonchev–Trinajstić information content (AvgIpc) is 2.74. The summed E-state index contributed by atoms with van der Waals surface area (Å²) in [5, 5.41) is 3.91. The monoisotopic (exact) mass is 413 g/mol. The number of ether oxygens (including phenoxy) is 1. The Kier molecular flexibility index (Phi) is 7.55. The molecule has 154 valence electrons. The van der Waals surface area contributed by atoms with Crippen LogP contribution >= 0.6 is 11.8 Å². The number of hydrogen-bond acceptors (Lipinski definition) is 4. The summed E-state index contributed by atoms with van der Waals surface area (Å²) in [6.07, 6.45) is 0. The number of quaternary nitrogens is 1. The lowest BCUT2D eigenvalue weighted by molar-refractivity contribution is -0.883. The highest BCUT2D eigenvalue weighted by atomic mass is 32.2. The summed E-state index contributed by atoms with van der Waals surface area (Å²) >= 11 is 1.49. The third-order valence-corrected chi connectivity index (χ3v) is 5.92. The summed E-state index contributed by atoms with van der Waals surface area (Å²) in [6.45, 7) is 6.00. The second-order valence-corrected chi connectivity index (χ2v) is 8.13. The Morgan fingerprint density at radius 1 is 1.21 bits per heavy atom. The van der Waals surface area contributed by atoms with Crippen LogP contribution in [0.4, 0.5) is 11.4 Å². The maximum atomic E-state index is 12.6. The van der Waals surface area contributed by atoms with Gasteiger partial charge in [-0.3, -0.25) is 4.79 Å². The number of aryl methyl sites for hydroxylation is 1. The number of carbonyl (C=O) groups excluding carboxylic acids is 1. The van der Waals surface area contributed by atoms with Crippen LogP contribution in [-0.4, -0.2) is 62.1 Å². The molecule has 3 rings (SSSR count). The van der Waals surface area contributed by atoms with Crippen LogP contribution in [0.15, 0.2) is 53.5 Å². The first-order chi connectivity index (χ1) is 14.0. The molecule has 0 radical (unpaired) electrons. The zero-order chi connectivity index (χ0) is 20.6. The highest BCUT2D eigenvalue weighted by molar-refractivity contribution is 8.14. The number of aliphatic imine (C=N–C) groups is 1. The van der Waals surface area contributed by atoms with Crippen LogP contribution in [-0.2, 0) is 4.79 Å². The Balaban J connectivity index is 1.66. The van der Waals surface area contributed by atoms with Crippen LogP contribution in [0.2, 0.25) is 0 Å². The quantitative estimate of drug-likeness (QED) is 0.583.